The van der Waals surface area contributed by atoms with Crippen molar-refractivity contribution in [2.75, 3.05) is 20.8 Å². The number of esters is 1. The summed E-state index contributed by atoms with van der Waals surface area (Å²) < 4.78 is 24.1. The highest BCUT2D eigenvalue weighted by Crippen LogP contribution is 2.36. The summed E-state index contributed by atoms with van der Waals surface area (Å²) in [5, 5.41) is 9.82. The molecular formula is C31H54O6Si. The minimum atomic E-state index is -1.94. The largest absolute Gasteiger partial charge is 0.490 e. The molecule has 6 nitrogen and oxygen atoms in total. The average molecular weight is 551 g/mol. The van der Waals surface area contributed by atoms with Crippen molar-refractivity contribution in [1.82, 2.24) is 0 Å². The number of carbonyl (C=O) groups is 1. The summed E-state index contributed by atoms with van der Waals surface area (Å²) in [5.41, 5.74) is 2.68. The highest BCUT2D eigenvalue weighted by molar-refractivity contribution is 6.75. The highest BCUT2D eigenvalue weighted by atomic mass is 28.4. The summed E-state index contributed by atoms with van der Waals surface area (Å²) in [7, 11) is 1.10. The predicted octanol–water partition coefficient (Wildman–Crippen LogP) is 6.98. The van der Waals surface area contributed by atoms with E-state index in [-0.39, 0.29) is 30.3 Å². The summed E-state index contributed by atoms with van der Waals surface area (Å²) in [6, 6.07) is 2.17. The van der Waals surface area contributed by atoms with Crippen LogP contribution < -0.4 is 0 Å². The first kappa shape index (κ1) is 34.4. The van der Waals surface area contributed by atoms with Gasteiger partial charge in [-0.25, -0.2) is 4.79 Å². The molecule has 1 aliphatic heterocycles. The Hall–Kier alpha value is -1.67. The van der Waals surface area contributed by atoms with Crippen LogP contribution in [0.4, 0.5) is 0 Å². The maximum absolute atomic E-state index is 13.1. The van der Waals surface area contributed by atoms with Crippen molar-refractivity contribution >= 4 is 14.3 Å². The third-order valence-electron chi connectivity index (χ3n) is 8.02. The molecule has 7 heteroatoms. The van der Waals surface area contributed by atoms with E-state index in [1.807, 2.05) is 26.0 Å². The smallest absolute Gasteiger partial charge is 0.373 e. The SMILES string of the molecule is CC[Si](CC)(O[C@@H]1[C@H](C)/C=C(C)/C=C(\OC)C(=O)O[C@H]([C@@H](C)CO)[C@@H](OC)/C=C/C=C(\C)C[C@@H]1C)C(C)C. The van der Waals surface area contributed by atoms with E-state index >= 15 is 0 Å². The number of hydrogen-bond acceptors (Lipinski definition) is 6. The van der Waals surface area contributed by atoms with Gasteiger partial charge in [0.2, 0.25) is 5.76 Å². The molecule has 38 heavy (non-hydrogen) atoms. The first-order valence-corrected chi connectivity index (χ1v) is 16.6. The molecule has 0 bridgehead atoms. The van der Waals surface area contributed by atoms with Crippen molar-refractivity contribution in [3.05, 3.63) is 47.3 Å². The fraction of sp³-hybridized carbons (Fsp3) is 0.710. The van der Waals surface area contributed by atoms with E-state index in [9.17, 15) is 9.90 Å². The van der Waals surface area contributed by atoms with Crippen molar-refractivity contribution in [1.29, 1.82) is 0 Å². The Morgan fingerprint density at radius 2 is 1.76 bits per heavy atom. The van der Waals surface area contributed by atoms with Crippen LogP contribution in [0.25, 0.3) is 0 Å². The fourth-order valence-corrected chi connectivity index (χ4v) is 9.21. The van der Waals surface area contributed by atoms with E-state index in [0.29, 0.717) is 11.5 Å². The van der Waals surface area contributed by atoms with Crippen LogP contribution in [0.15, 0.2) is 47.3 Å². The lowest BCUT2D eigenvalue weighted by molar-refractivity contribution is -0.158. The van der Waals surface area contributed by atoms with Gasteiger partial charge in [-0.3, -0.25) is 0 Å². The Labute approximate surface area is 233 Å². The average Bonchev–Trinajstić information content (AvgIpc) is 2.88. The van der Waals surface area contributed by atoms with Gasteiger partial charge in [-0.1, -0.05) is 83.9 Å². The second kappa shape index (κ2) is 16.4. The second-order valence-electron chi connectivity index (χ2n) is 11.3. The molecule has 1 aliphatic rings. The van der Waals surface area contributed by atoms with Gasteiger partial charge in [-0.2, -0.15) is 0 Å². The summed E-state index contributed by atoms with van der Waals surface area (Å²) in [6.07, 6.45) is 9.59. The molecule has 0 aliphatic carbocycles. The molecule has 0 aromatic rings. The van der Waals surface area contributed by atoms with Gasteiger partial charge in [-0.15, -0.1) is 0 Å². The zero-order valence-electron chi connectivity index (χ0n) is 25.7. The minimum absolute atomic E-state index is 0.0482. The number of methoxy groups -OCH3 is 2. The molecule has 218 valence electrons. The molecule has 0 aromatic heterocycles. The summed E-state index contributed by atoms with van der Waals surface area (Å²) >= 11 is 0. The van der Waals surface area contributed by atoms with Crippen LogP contribution >= 0.6 is 0 Å². The van der Waals surface area contributed by atoms with Crippen LogP contribution in [0.2, 0.25) is 17.6 Å². The third kappa shape index (κ3) is 9.51. The van der Waals surface area contributed by atoms with Crippen LogP contribution in [-0.2, 0) is 23.4 Å². The molecule has 0 aromatic carbocycles. The number of aliphatic hydroxyl groups excluding tert-OH is 1. The molecule has 0 unspecified atom stereocenters. The Morgan fingerprint density at radius 1 is 1.13 bits per heavy atom. The van der Waals surface area contributed by atoms with E-state index in [4.69, 9.17) is 18.6 Å². The van der Waals surface area contributed by atoms with Gasteiger partial charge in [0.05, 0.1) is 13.2 Å². The molecule has 1 rings (SSSR count). The van der Waals surface area contributed by atoms with Crippen LogP contribution in [0.1, 0.15) is 68.7 Å². The van der Waals surface area contributed by atoms with Gasteiger partial charge in [0.15, 0.2) is 8.32 Å². The molecule has 1 heterocycles. The zero-order valence-corrected chi connectivity index (χ0v) is 26.7. The van der Waals surface area contributed by atoms with Gasteiger partial charge >= 0.3 is 5.97 Å². The molecule has 0 amide bonds. The second-order valence-corrected chi connectivity index (χ2v) is 16.2. The van der Waals surface area contributed by atoms with E-state index in [2.05, 4.69) is 60.6 Å². The van der Waals surface area contributed by atoms with Gasteiger partial charge in [-0.05, 0) is 55.8 Å². The fourth-order valence-electron chi connectivity index (χ4n) is 5.48. The molecule has 0 spiro atoms. The normalized spacial score (nSPS) is 32.3. The number of aliphatic hydroxyl groups is 1. The van der Waals surface area contributed by atoms with Crippen LogP contribution in [0, 0.1) is 17.8 Å². The van der Waals surface area contributed by atoms with Crippen LogP contribution in [0.5, 0.6) is 0 Å². The molecular weight excluding hydrogens is 496 g/mol. The van der Waals surface area contributed by atoms with E-state index < -0.39 is 26.5 Å². The summed E-state index contributed by atoms with van der Waals surface area (Å²) in [5.74, 6) is -0.368. The van der Waals surface area contributed by atoms with Gasteiger partial charge in [0.25, 0.3) is 0 Å². The maximum atomic E-state index is 13.1. The zero-order chi connectivity index (χ0) is 29.0. The Balaban J connectivity index is 3.63. The number of allylic oxidation sites excluding steroid dienone is 5. The maximum Gasteiger partial charge on any atom is 0.373 e. The monoisotopic (exact) mass is 550 g/mol. The Kier molecular flexibility index (Phi) is 14.9. The molecule has 0 saturated heterocycles. The highest BCUT2D eigenvalue weighted by Gasteiger charge is 2.40. The lowest BCUT2D eigenvalue weighted by Gasteiger charge is -2.41. The van der Waals surface area contributed by atoms with Gasteiger partial charge in [0.1, 0.15) is 12.2 Å². The van der Waals surface area contributed by atoms with Crippen LogP contribution in [0.3, 0.4) is 0 Å². The van der Waals surface area contributed by atoms with Gasteiger partial charge in [0, 0.05) is 19.6 Å². The van der Waals surface area contributed by atoms with Crippen molar-refractivity contribution in [2.45, 2.75) is 105 Å². The number of carbonyl (C=O) groups excluding carboxylic acids is 1. The van der Waals surface area contributed by atoms with Gasteiger partial charge < -0.3 is 23.7 Å². The molecule has 0 radical (unpaired) electrons. The number of rotatable bonds is 9. The summed E-state index contributed by atoms with van der Waals surface area (Å²) in [4.78, 5) is 13.1. The van der Waals surface area contributed by atoms with E-state index in [1.54, 1.807) is 13.2 Å². The molecule has 6 atom stereocenters. The van der Waals surface area contributed by atoms with Crippen molar-refractivity contribution < 1.29 is 28.5 Å². The third-order valence-corrected chi connectivity index (χ3v) is 13.3. The molecule has 1 N–H and O–H groups in total. The quantitative estimate of drug-likeness (QED) is 0.247. The number of hydrogen-bond donors (Lipinski definition) is 1. The molecule has 0 fully saturated rings. The minimum Gasteiger partial charge on any atom is -0.490 e. The van der Waals surface area contributed by atoms with Crippen LogP contribution in [-0.4, -0.2) is 58.5 Å². The van der Waals surface area contributed by atoms with Crippen molar-refractivity contribution in [2.24, 2.45) is 17.8 Å². The van der Waals surface area contributed by atoms with E-state index in [0.717, 1.165) is 24.1 Å². The van der Waals surface area contributed by atoms with E-state index in [1.165, 1.54) is 12.7 Å². The standard InChI is InChI=1S/C31H54O6Si/c1-12-38(13-2,21(3)4)37-29-24(7)17-22(5)15-14-16-27(34-10)30(26(9)20-32)36-31(33)28(35-11)19-23(6)18-25(29)8/h14-16,18-19,21,24-27,29-30,32H,12-13,17,20H2,1-11H3/b16-14+,22-15+,23-18+,28-19-/t24-,25+,26-,27-,29-,30+/m0/s1. The first-order chi connectivity index (χ1) is 17.9. The lowest BCUT2D eigenvalue weighted by atomic mass is 9.87. The van der Waals surface area contributed by atoms with Crippen molar-refractivity contribution in [3.8, 4) is 0 Å². The summed E-state index contributed by atoms with van der Waals surface area (Å²) in [6.45, 7) is 19.4. The van der Waals surface area contributed by atoms with Crippen molar-refractivity contribution in [3.63, 3.8) is 0 Å². The first-order valence-electron chi connectivity index (χ1n) is 14.2. The molecule has 0 saturated carbocycles. The predicted molar refractivity (Wildman–Crippen MR) is 158 cm³/mol. The topological polar surface area (TPSA) is 74.2 Å². The lowest BCUT2D eigenvalue weighted by Crippen LogP contribution is -2.47. The number of cyclic esters (lactones) is 1. The Bertz CT molecular complexity index is 854. The number of ether oxygens (including phenoxy) is 3. The Morgan fingerprint density at radius 3 is 2.26 bits per heavy atom.